The van der Waals surface area contributed by atoms with Gasteiger partial charge < -0.3 is 4.90 Å². The lowest BCUT2D eigenvalue weighted by Gasteiger charge is -2.28. The molecular formula is C17H18F3N3O. The van der Waals surface area contributed by atoms with Gasteiger partial charge in [0.2, 0.25) is 5.91 Å². The molecule has 1 aromatic carbocycles. The molecule has 1 N–H and O–H groups in total. The number of aromatic amines is 1. The van der Waals surface area contributed by atoms with E-state index < -0.39 is 17.7 Å². The monoisotopic (exact) mass is 337 g/mol. The van der Waals surface area contributed by atoms with Gasteiger partial charge in [0.15, 0.2) is 0 Å². The average Bonchev–Trinajstić information content (AvgIpc) is 3.01. The maximum absolute atomic E-state index is 13.1. The molecule has 0 radical (unpaired) electrons. The Morgan fingerprint density at radius 1 is 1.38 bits per heavy atom. The van der Waals surface area contributed by atoms with Gasteiger partial charge in [-0.3, -0.25) is 9.89 Å². The van der Waals surface area contributed by atoms with Crippen LogP contribution in [0.25, 0.3) is 0 Å². The van der Waals surface area contributed by atoms with Crippen LogP contribution in [0.3, 0.4) is 0 Å². The molecule has 3 rings (SSSR count). The van der Waals surface area contributed by atoms with Crippen LogP contribution in [0.5, 0.6) is 0 Å². The molecule has 0 saturated heterocycles. The quantitative estimate of drug-likeness (QED) is 0.932. The zero-order chi connectivity index (χ0) is 17.3. The second-order valence-corrected chi connectivity index (χ2v) is 6.13. The molecule has 4 nitrogen and oxygen atoms in total. The zero-order valence-electron chi connectivity index (χ0n) is 13.2. The van der Waals surface area contributed by atoms with Gasteiger partial charge in [-0.1, -0.05) is 25.1 Å². The van der Waals surface area contributed by atoms with Crippen molar-refractivity contribution < 1.29 is 18.0 Å². The number of fused-ring (bicyclic) bond motifs is 1. The normalized spacial score (nSPS) is 15.9. The van der Waals surface area contributed by atoms with Gasteiger partial charge in [0, 0.05) is 37.2 Å². The zero-order valence-corrected chi connectivity index (χ0v) is 13.2. The Morgan fingerprint density at radius 3 is 2.88 bits per heavy atom. The van der Waals surface area contributed by atoms with Crippen LogP contribution in [0.15, 0.2) is 30.5 Å². The van der Waals surface area contributed by atoms with Crippen LogP contribution in [0, 0.1) is 0 Å². The third-order valence-electron chi connectivity index (χ3n) is 4.43. The Morgan fingerprint density at radius 2 is 2.12 bits per heavy atom. The van der Waals surface area contributed by atoms with Crippen molar-refractivity contribution in [2.75, 3.05) is 6.54 Å². The summed E-state index contributed by atoms with van der Waals surface area (Å²) in [6.07, 6.45) is -1.98. The minimum Gasteiger partial charge on any atom is -0.338 e. The highest BCUT2D eigenvalue weighted by atomic mass is 19.4. The van der Waals surface area contributed by atoms with E-state index in [-0.39, 0.29) is 17.9 Å². The molecule has 1 aromatic heterocycles. The third kappa shape index (κ3) is 3.29. The van der Waals surface area contributed by atoms with Crippen LogP contribution < -0.4 is 0 Å². The molecule has 1 amide bonds. The number of amides is 1. The predicted octanol–water partition coefficient (Wildman–Crippen LogP) is 3.51. The maximum Gasteiger partial charge on any atom is 0.416 e. The number of alkyl halides is 3. The summed E-state index contributed by atoms with van der Waals surface area (Å²) < 4.78 is 39.4. The molecule has 0 fully saturated rings. The number of aromatic nitrogens is 2. The summed E-state index contributed by atoms with van der Waals surface area (Å²) in [5.41, 5.74) is 1.49. The second-order valence-electron chi connectivity index (χ2n) is 6.13. The predicted molar refractivity (Wildman–Crippen MR) is 82.2 cm³/mol. The molecule has 2 heterocycles. The topological polar surface area (TPSA) is 49.0 Å². The van der Waals surface area contributed by atoms with Crippen molar-refractivity contribution in [3.05, 3.63) is 52.8 Å². The van der Waals surface area contributed by atoms with Crippen LogP contribution in [-0.4, -0.2) is 27.5 Å². The van der Waals surface area contributed by atoms with Crippen LogP contribution >= 0.6 is 0 Å². The van der Waals surface area contributed by atoms with Crippen LogP contribution in [-0.2, 0) is 23.9 Å². The minimum atomic E-state index is -4.41. The fourth-order valence-corrected chi connectivity index (χ4v) is 3.12. The molecule has 24 heavy (non-hydrogen) atoms. The number of H-pyrrole nitrogens is 1. The van der Waals surface area contributed by atoms with Gasteiger partial charge in [0.1, 0.15) is 0 Å². The Hall–Kier alpha value is -2.31. The van der Waals surface area contributed by atoms with Crippen molar-refractivity contribution in [2.45, 2.75) is 38.4 Å². The first-order chi connectivity index (χ1) is 11.4. The molecule has 1 aliphatic heterocycles. The van der Waals surface area contributed by atoms with Gasteiger partial charge in [-0.15, -0.1) is 0 Å². The SMILES string of the molecule is CC(CC(=O)N1CCc2[nH]ncc2C1)c1ccccc1C(F)(F)F. The Labute approximate surface area is 137 Å². The number of carbonyl (C=O) groups excluding carboxylic acids is 1. The second kappa shape index (κ2) is 6.30. The lowest BCUT2D eigenvalue weighted by Crippen LogP contribution is -2.36. The molecule has 0 saturated carbocycles. The highest BCUT2D eigenvalue weighted by Gasteiger charge is 2.34. The number of nitrogens with zero attached hydrogens (tertiary/aromatic N) is 2. The van der Waals surface area contributed by atoms with E-state index in [1.807, 2.05) is 0 Å². The fraction of sp³-hybridized carbons (Fsp3) is 0.412. The number of hydrogen-bond acceptors (Lipinski definition) is 2. The molecule has 7 heteroatoms. The summed E-state index contributed by atoms with van der Waals surface area (Å²) in [4.78, 5) is 14.2. The summed E-state index contributed by atoms with van der Waals surface area (Å²) in [5.74, 6) is -0.632. The van der Waals surface area contributed by atoms with Gasteiger partial charge >= 0.3 is 6.18 Å². The van der Waals surface area contributed by atoms with Crippen LogP contribution in [0.1, 0.15) is 41.6 Å². The van der Waals surface area contributed by atoms with Gasteiger partial charge in [-0.25, -0.2) is 0 Å². The lowest BCUT2D eigenvalue weighted by atomic mass is 9.92. The van der Waals surface area contributed by atoms with E-state index in [0.29, 0.717) is 19.5 Å². The number of benzene rings is 1. The smallest absolute Gasteiger partial charge is 0.338 e. The van der Waals surface area contributed by atoms with Crippen molar-refractivity contribution in [2.24, 2.45) is 0 Å². The first-order valence-corrected chi connectivity index (χ1v) is 7.81. The molecule has 2 aromatic rings. The summed E-state index contributed by atoms with van der Waals surface area (Å²) in [5, 5.41) is 6.85. The number of nitrogens with one attached hydrogen (secondary N) is 1. The molecule has 128 valence electrons. The first-order valence-electron chi connectivity index (χ1n) is 7.81. The first kappa shape index (κ1) is 16.5. The Bertz CT molecular complexity index is 739. The summed E-state index contributed by atoms with van der Waals surface area (Å²) >= 11 is 0. The largest absolute Gasteiger partial charge is 0.416 e. The van der Waals surface area contributed by atoms with Gasteiger partial charge in [0.25, 0.3) is 0 Å². The number of halogens is 3. The van der Waals surface area contributed by atoms with Crippen molar-refractivity contribution in [3.63, 3.8) is 0 Å². The van der Waals surface area contributed by atoms with E-state index in [1.54, 1.807) is 24.1 Å². The van der Waals surface area contributed by atoms with E-state index in [1.165, 1.54) is 12.1 Å². The van der Waals surface area contributed by atoms with Crippen LogP contribution in [0.2, 0.25) is 0 Å². The Balaban J connectivity index is 1.72. The molecule has 0 spiro atoms. The van der Waals surface area contributed by atoms with Gasteiger partial charge in [0.05, 0.1) is 11.8 Å². The molecule has 1 aliphatic rings. The summed E-state index contributed by atoms with van der Waals surface area (Å²) in [7, 11) is 0. The van der Waals surface area contributed by atoms with Gasteiger partial charge in [-0.2, -0.15) is 18.3 Å². The van der Waals surface area contributed by atoms with E-state index in [2.05, 4.69) is 10.2 Å². The third-order valence-corrected chi connectivity index (χ3v) is 4.43. The molecule has 1 atom stereocenters. The number of carbonyl (C=O) groups is 1. The van der Waals surface area contributed by atoms with E-state index >= 15 is 0 Å². The molecular weight excluding hydrogens is 319 g/mol. The van der Waals surface area contributed by atoms with Gasteiger partial charge in [-0.05, 0) is 17.5 Å². The molecule has 0 aliphatic carbocycles. The van der Waals surface area contributed by atoms with Crippen molar-refractivity contribution in [1.82, 2.24) is 15.1 Å². The van der Waals surface area contributed by atoms with E-state index in [9.17, 15) is 18.0 Å². The molecule has 1 unspecified atom stereocenters. The van der Waals surface area contributed by atoms with E-state index in [4.69, 9.17) is 0 Å². The fourth-order valence-electron chi connectivity index (χ4n) is 3.12. The van der Waals surface area contributed by atoms with E-state index in [0.717, 1.165) is 17.3 Å². The summed E-state index contributed by atoms with van der Waals surface area (Å²) in [6.45, 7) is 2.68. The summed E-state index contributed by atoms with van der Waals surface area (Å²) in [6, 6.07) is 5.45. The average molecular weight is 337 g/mol. The number of hydrogen-bond donors (Lipinski definition) is 1. The van der Waals surface area contributed by atoms with Crippen molar-refractivity contribution >= 4 is 5.91 Å². The highest BCUT2D eigenvalue weighted by Crippen LogP contribution is 2.36. The lowest BCUT2D eigenvalue weighted by molar-refractivity contribution is -0.139. The maximum atomic E-state index is 13.1. The highest BCUT2D eigenvalue weighted by molar-refractivity contribution is 5.77. The van der Waals surface area contributed by atoms with Crippen LogP contribution in [0.4, 0.5) is 13.2 Å². The molecule has 0 bridgehead atoms. The Kier molecular flexibility index (Phi) is 4.34. The van der Waals surface area contributed by atoms with Crippen molar-refractivity contribution in [3.8, 4) is 0 Å². The number of rotatable bonds is 3. The standard InChI is InChI=1S/C17H18F3N3O/c1-11(13-4-2-3-5-14(13)17(18,19)20)8-16(24)23-7-6-15-12(10-23)9-21-22-15/h2-5,9,11H,6-8,10H2,1H3,(H,21,22). The minimum absolute atomic E-state index is 0.0558. The van der Waals surface area contributed by atoms with Crippen molar-refractivity contribution in [1.29, 1.82) is 0 Å².